The van der Waals surface area contributed by atoms with E-state index in [0.717, 1.165) is 0 Å². The van der Waals surface area contributed by atoms with Gasteiger partial charge in [-0.25, -0.2) is 19.1 Å². The second-order valence-corrected chi connectivity index (χ2v) is 5.85. The third-order valence-electron chi connectivity index (χ3n) is 2.93. The van der Waals surface area contributed by atoms with Crippen LogP contribution in [0, 0.1) is 0 Å². The van der Waals surface area contributed by atoms with E-state index in [4.69, 9.17) is 14.2 Å². The second-order valence-electron chi connectivity index (χ2n) is 5.85. The predicted octanol–water partition coefficient (Wildman–Crippen LogP) is 3.00. The number of methoxy groups -OCH3 is 1. The number of hydrogen-bond acceptors (Lipinski definition) is 6. The number of carbonyl (C=O) groups excluding carboxylic acids is 2. The molecule has 7 nitrogen and oxygen atoms in total. The highest BCUT2D eigenvalue weighted by molar-refractivity contribution is 6.01. The number of aromatic nitrogens is 2. The number of fused-ring (bicyclic) bond motifs is 1. The van der Waals surface area contributed by atoms with Gasteiger partial charge in [0.25, 0.3) is 0 Å². The first kappa shape index (κ1) is 16.8. The van der Waals surface area contributed by atoms with Gasteiger partial charge < -0.3 is 14.2 Å². The average Bonchev–Trinajstić information content (AvgIpc) is 2.84. The Morgan fingerprint density at radius 2 is 1.96 bits per heavy atom. The van der Waals surface area contributed by atoms with Crippen molar-refractivity contribution in [1.82, 2.24) is 9.55 Å². The highest BCUT2D eigenvalue weighted by Gasteiger charge is 2.26. The zero-order chi connectivity index (χ0) is 17.2. The Labute approximate surface area is 134 Å². The van der Waals surface area contributed by atoms with Crippen LogP contribution < -0.4 is 4.74 Å². The van der Waals surface area contributed by atoms with E-state index in [-0.39, 0.29) is 12.3 Å². The summed E-state index contributed by atoms with van der Waals surface area (Å²) >= 11 is 0. The lowest BCUT2D eigenvalue weighted by atomic mass is 10.2. The van der Waals surface area contributed by atoms with Gasteiger partial charge in [0.05, 0.1) is 19.2 Å². The van der Waals surface area contributed by atoms with Crippen molar-refractivity contribution >= 4 is 23.0 Å². The molecule has 2 aromatic rings. The van der Waals surface area contributed by atoms with E-state index in [9.17, 15) is 9.59 Å². The predicted molar refractivity (Wildman–Crippen MR) is 83.9 cm³/mol. The van der Waals surface area contributed by atoms with Crippen molar-refractivity contribution in [1.29, 1.82) is 0 Å². The number of esters is 1. The topological polar surface area (TPSA) is 79.7 Å². The second kappa shape index (κ2) is 6.28. The van der Waals surface area contributed by atoms with Crippen molar-refractivity contribution < 1.29 is 23.8 Å². The van der Waals surface area contributed by atoms with Gasteiger partial charge in [-0.05, 0) is 33.8 Å². The molecule has 2 aromatic heterocycles. The van der Waals surface area contributed by atoms with Gasteiger partial charge in [0.2, 0.25) is 5.88 Å². The maximum Gasteiger partial charge on any atom is 0.419 e. The summed E-state index contributed by atoms with van der Waals surface area (Å²) in [6, 6.07) is 3.12. The van der Waals surface area contributed by atoms with E-state index >= 15 is 0 Å². The molecular weight excluding hydrogens is 300 g/mol. The molecule has 2 heterocycles. The highest BCUT2D eigenvalue weighted by atomic mass is 16.6. The van der Waals surface area contributed by atoms with Crippen LogP contribution in [0.15, 0.2) is 18.3 Å². The summed E-state index contributed by atoms with van der Waals surface area (Å²) in [5.41, 5.74) is -0.142. The van der Waals surface area contributed by atoms with E-state index in [1.165, 1.54) is 17.9 Å². The molecule has 0 amide bonds. The standard InChI is InChI=1S/C16H20N2O5/c1-6-22-14(19)12-7-10-9-17-13(21-5)8-11(10)18(12)15(20)23-16(2,3)4/h7-9H,6H2,1-5H3. The van der Waals surface area contributed by atoms with Crippen molar-refractivity contribution in [2.45, 2.75) is 33.3 Å². The lowest BCUT2D eigenvalue weighted by Gasteiger charge is -2.20. The highest BCUT2D eigenvalue weighted by Crippen LogP contribution is 2.24. The quantitative estimate of drug-likeness (QED) is 0.809. The SMILES string of the molecule is CCOC(=O)c1cc2cnc(OC)cc2n1C(=O)OC(C)(C)C. The van der Waals surface area contributed by atoms with Gasteiger partial charge in [0, 0.05) is 17.6 Å². The minimum Gasteiger partial charge on any atom is -0.481 e. The summed E-state index contributed by atoms with van der Waals surface area (Å²) in [4.78, 5) is 28.8. The van der Waals surface area contributed by atoms with Gasteiger partial charge in [-0.2, -0.15) is 0 Å². The Balaban J connectivity index is 2.62. The Bertz CT molecular complexity index is 743. The van der Waals surface area contributed by atoms with Crippen molar-refractivity contribution in [3.63, 3.8) is 0 Å². The molecule has 2 rings (SSSR count). The molecule has 0 saturated heterocycles. The Hall–Kier alpha value is -2.57. The number of rotatable bonds is 3. The molecule has 0 spiro atoms. The first-order chi connectivity index (χ1) is 10.8. The van der Waals surface area contributed by atoms with Crippen LogP contribution in [0.2, 0.25) is 0 Å². The van der Waals surface area contributed by atoms with Gasteiger partial charge in [-0.3, -0.25) is 0 Å². The van der Waals surface area contributed by atoms with Crippen molar-refractivity contribution in [2.75, 3.05) is 13.7 Å². The molecular formula is C16H20N2O5. The minimum absolute atomic E-state index is 0.0890. The number of ether oxygens (including phenoxy) is 3. The smallest absolute Gasteiger partial charge is 0.419 e. The number of pyridine rings is 1. The number of carbonyl (C=O) groups is 2. The molecule has 0 aliphatic rings. The van der Waals surface area contributed by atoms with Gasteiger partial charge in [-0.15, -0.1) is 0 Å². The first-order valence-electron chi connectivity index (χ1n) is 7.22. The van der Waals surface area contributed by atoms with Crippen LogP contribution in [-0.4, -0.2) is 40.9 Å². The molecule has 0 unspecified atom stereocenters. The van der Waals surface area contributed by atoms with Crippen LogP contribution in [0.4, 0.5) is 4.79 Å². The van der Waals surface area contributed by atoms with Crippen LogP contribution in [-0.2, 0) is 9.47 Å². The van der Waals surface area contributed by atoms with Crippen LogP contribution in [0.3, 0.4) is 0 Å². The largest absolute Gasteiger partial charge is 0.481 e. The van der Waals surface area contributed by atoms with Gasteiger partial charge in [0.15, 0.2) is 0 Å². The maximum absolute atomic E-state index is 12.5. The van der Waals surface area contributed by atoms with Crippen LogP contribution in [0.5, 0.6) is 5.88 Å². The normalized spacial score (nSPS) is 11.3. The molecule has 7 heteroatoms. The van der Waals surface area contributed by atoms with E-state index in [1.54, 1.807) is 39.8 Å². The van der Waals surface area contributed by atoms with Gasteiger partial charge in [0.1, 0.15) is 11.3 Å². The molecule has 124 valence electrons. The molecule has 0 bridgehead atoms. The summed E-state index contributed by atoms with van der Waals surface area (Å²) in [5.74, 6) is -0.274. The maximum atomic E-state index is 12.5. The molecule has 0 radical (unpaired) electrons. The number of nitrogens with zero attached hydrogens (tertiary/aromatic N) is 2. The van der Waals surface area contributed by atoms with Crippen LogP contribution >= 0.6 is 0 Å². The zero-order valence-electron chi connectivity index (χ0n) is 13.9. The summed E-state index contributed by atoms with van der Waals surface area (Å²) in [6.45, 7) is 7.16. The van der Waals surface area contributed by atoms with E-state index in [0.29, 0.717) is 16.8 Å². The molecule has 0 aromatic carbocycles. The van der Waals surface area contributed by atoms with Crippen molar-refractivity contribution in [2.24, 2.45) is 0 Å². The molecule has 0 saturated carbocycles. The molecule has 0 aliphatic carbocycles. The summed E-state index contributed by atoms with van der Waals surface area (Å²) in [6.07, 6.45) is 0.862. The minimum atomic E-state index is -0.698. The fourth-order valence-corrected chi connectivity index (χ4v) is 2.05. The van der Waals surface area contributed by atoms with Crippen LogP contribution in [0.1, 0.15) is 38.2 Å². The Morgan fingerprint density at radius 3 is 2.52 bits per heavy atom. The fourth-order valence-electron chi connectivity index (χ4n) is 2.05. The average molecular weight is 320 g/mol. The molecule has 23 heavy (non-hydrogen) atoms. The fraction of sp³-hybridized carbons (Fsp3) is 0.438. The van der Waals surface area contributed by atoms with Crippen LogP contribution in [0.25, 0.3) is 10.9 Å². The van der Waals surface area contributed by atoms with E-state index in [2.05, 4.69) is 4.98 Å². The lowest BCUT2D eigenvalue weighted by Crippen LogP contribution is -2.29. The summed E-state index contributed by atoms with van der Waals surface area (Å²) in [7, 11) is 1.47. The third kappa shape index (κ3) is 3.61. The Morgan fingerprint density at radius 1 is 1.26 bits per heavy atom. The van der Waals surface area contributed by atoms with Gasteiger partial charge in [-0.1, -0.05) is 0 Å². The molecule has 0 fully saturated rings. The first-order valence-corrected chi connectivity index (χ1v) is 7.22. The summed E-state index contributed by atoms with van der Waals surface area (Å²) < 4.78 is 16.7. The molecule has 0 atom stereocenters. The van der Waals surface area contributed by atoms with Gasteiger partial charge >= 0.3 is 12.1 Å². The van der Waals surface area contributed by atoms with E-state index in [1.807, 2.05) is 0 Å². The third-order valence-corrected chi connectivity index (χ3v) is 2.93. The van der Waals surface area contributed by atoms with Crippen molar-refractivity contribution in [3.05, 3.63) is 24.0 Å². The number of hydrogen-bond donors (Lipinski definition) is 0. The lowest BCUT2D eigenvalue weighted by molar-refractivity contribution is 0.0454. The Kier molecular flexibility index (Phi) is 4.58. The van der Waals surface area contributed by atoms with Crippen molar-refractivity contribution in [3.8, 4) is 5.88 Å². The van der Waals surface area contributed by atoms with E-state index < -0.39 is 17.7 Å². The molecule has 0 aliphatic heterocycles. The summed E-state index contributed by atoms with van der Waals surface area (Å²) in [5, 5.41) is 0.611. The molecule has 0 N–H and O–H groups in total. The monoisotopic (exact) mass is 320 g/mol. The zero-order valence-corrected chi connectivity index (χ0v) is 13.9.